The molecular weight excluding hydrogens is 618 g/mol. The molecule has 11 heteroatoms. The van der Waals surface area contributed by atoms with E-state index in [1.807, 2.05) is 91.1 Å². The van der Waals surface area contributed by atoms with Gasteiger partial charge in [0, 0.05) is 36.7 Å². The summed E-state index contributed by atoms with van der Waals surface area (Å²) in [4.78, 5) is 64.9. The molecule has 5 aromatic rings. The summed E-state index contributed by atoms with van der Waals surface area (Å²) < 4.78 is 1.74. The zero-order valence-electron chi connectivity index (χ0n) is 27.0. The van der Waals surface area contributed by atoms with Crippen molar-refractivity contribution in [1.82, 2.24) is 24.2 Å². The topological polar surface area (TPSA) is 129 Å². The number of carbonyl (C=O) groups is 4. The average Bonchev–Trinajstić information content (AvgIpc) is 3.90. The van der Waals surface area contributed by atoms with Crippen molar-refractivity contribution in [3.05, 3.63) is 115 Å². The minimum atomic E-state index is -0.532. The number of fused-ring (bicyclic) bond motifs is 1. The van der Waals surface area contributed by atoms with Crippen LogP contribution in [0.2, 0.25) is 0 Å². The van der Waals surface area contributed by atoms with E-state index in [0.717, 1.165) is 29.5 Å². The second-order valence-electron chi connectivity index (χ2n) is 12.5. The molecule has 49 heavy (non-hydrogen) atoms. The van der Waals surface area contributed by atoms with Crippen LogP contribution in [0, 0.1) is 0 Å². The van der Waals surface area contributed by atoms with E-state index in [4.69, 9.17) is 0 Å². The normalized spacial score (nSPS) is 17.3. The van der Waals surface area contributed by atoms with E-state index < -0.39 is 12.1 Å². The van der Waals surface area contributed by atoms with E-state index in [2.05, 4.69) is 20.6 Å². The number of carbonyl (C=O) groups excluding carboxylic acids is 4. The molecular formula is C38H37N7O4. The van der Waals surface area contributed by atoms with Crippen LogP contribution in [0.1, 0.15) is 36.8 Å². The van der Waals surface area contributed by atoms with Gasteiger partial charge in [-0.2, -0.15) is 0 Å². The lowest BCUT2D eigenvalue weighted by molar-refractivity contribution is -0.136. The molecule has 4 amide bonds. The molecule has 0 aliphatic carbocycles. The summed E-state index contributed by atoms with van der Waals surface area (Å²) in [6.45, 7) is 1.13. The van der Waals surface area contributed by atoms with Crippen LogP contribution in [0.25, 0.3) is 17.0 Å². The minimum absolute atomic E-state index is 0.0446. The predicted octanol–water partition coefficient (Wildman–Crippen LogP) is 4.74. The Morgan fingerprint density at radius 3 is 1.73 bits per heavy atom. The summed E-state index contributed by atoms with van der Waals surface area (Å²) in [7, 11) is 0. The molecule has 0 radical (unpaired) electrons. The Morgan fingerprint density at radius 1 is 0.653 bits per heavy atom. The highest BCUT2D eigenvalue weighted by Crippen LogP contribution is 2.25. The molecule has 248 valence electrons. The Kier molecular flexibility index (Phi) is 9.14. The van der Waals surface area contributed by atoms with Gasteiger partial charge in [-0.05, 0) is 48.9 Å². The number of benzene rings is 3. The van der Waals surface area contributed by atoms with Crippen molar-refractivity contribution in [3.63, 3.8) is 0 Å². The number of nitrogens with zero attached hydrogens (tertiary/aromatic N) is 5. The molecule has 0 spiro atoms. The quantitative estimate of drug-likeness (QED) is 0.236. The smallest absolute Gasteiger partial charge is 0.247 e. The monoisotopic (exact) mass is 655 g/mol. The van der Waals surface area contributed by atoms with Gasteiger partial charge in [0.25, 0.3) is 0 Å². The van der Waals surface area contributed by atoms with E-state index in [1.165, 1.54) is 0 Å². The standard InChI is InChI=1S/C38H37N7O4/c46-34(21-26-9-3-1-4-10-26)44-19-7-13-32(44)36(48)40-29-17-15-28(16-18-29)31-25-43-24-30(23-39-38(43)42-31)41-37(49)33-14-8-20-45(33)35(47)22-27-11-5-2-6-12-27/h1-6,9-12,15-18,23-25,32-33H,7-8,13-14,19-22H2,(H,40,48)(H,41,49)/t32-,33?/m0/s1. The molecule has 2 aliphatic heterocycles. The van der Waals surface area contributed by atoms with Gasteiger partial charge in [-0.1, -0.05) is 72.8 Å². The average molecular weight is 656 g/mol. The summed E-state index contributed by atoms with van der Waals surface area (Å²) in [5, 5.41) is 5.91. The summed E-state index contributed by atoms with van der Waals surface area (Å²) in [6.07, 6.45) is 8.48. The zero-order valence-corrected chi connectivity index (χ0v) is 27.0. The Bertz CT molecular complexity index is 1980. The Balaban J connectivity index is 0.967. The SMILES string of the molecule is O=C(Nc1cnc2nc(-c3ccc(NC(=O)[C@@H]4CCCN4C(=O)Cc4ccccc4)cc3)cn2c1)C1CCCN1C(=O)Cc1ccccc1. The number of imidazole rings is 1. The Labute approximate surface area is 284 Å². The highest BCUT2D eigenvalue weighted by molar-refractivity contribution is 5.98. The second-order valence-corrected chi connectivity index (χ2v) is 12.5. The summed E-state index contributed by atoms with van der Waals surface area (Å²) in [6, 6.07) is 25.5. The lowest BCUT2D eigenvalue weighted by atomic mass is 10.1. The third-order valence-corrected chi connectivity index (χ3v) is 9.17. The lowest BCUT2D eigenvalue weighted by Crippen LogP contribution is -2.43. The molecule has 11 nitrogen and oxygen atoms in total. The van der Waals surface area contributed by atoms with Gasteiger partial charge in [0.1, 0.15) is 12.1 Å². The maximum atomic E-state index is 13.3. The number of hydrogen-bond acceptors (Lipinski definition) is 6. The first-order valence-corrected chi connectivity index (χ1v) is 16.6. The Morgan fingerprint density at radius 2 is 1.18 bits per heavy atom. The number of hydrogen-bond donors (Lipinski definition) is 2. The van der Waals surface area contributed by atoms with E-state index in [1.54, 1.807) is 26.6 Å². The molecule has 0 bridgehead atoms. The van der Waals surface area contributed by atoms with Gasteiger partial charge < -0.3 is 20.4 Å². The first-order chi connectivity index (χ1) is 23.9. The molecule has 2 atom stereocenters. The van der Waals surface area contributed by atoms with Crippen molar-refractivity contribution in [2.75, 3.05) is 23.7 Å². The maximum Gasteiger partial charge on any atom is 0.247 e. The number of rotatable bonds is 9. The van der Waals surface area contributed by atoms with Gasteiger partial charge in [-0.3, -0.25) is 23.6 Å². The fraction of sp³-hybridized carbons (Fsp3) is 0.263. The summed E-state index contributed by atoms with van der Waals surface area (Å²) in [5.74, 6) is -0.0697. The van der Waals surface area contributed by atoms with Gasteiger partial charge in [0.05, 0.1) is 30.4 Å². The first-order valence-electron chi connectivity index (χ1n) is 16.6. The van der Waals surface area contributed by atoms with Crippen molar-refractivity contribution >= 4 is 40.8 Å². The fourth-order valence-electron chi connectivity index (χ4n) is 6.68. The minimum Gasteiger partial charge on any atom is -0.330 e. The number of aromatic nitrogens is 3. The highest BCUT2D eigenvalue weighted by atomic mass is 16.2. The number of nitrogens with one attached hydrogen (secondary N) is 2. The van der Waals surface area contributed by atoms with Gasteiger partial charge in [0.2, 0.25) is 29.4 Å². The molecule has 2 fully saturated rings. The van der Waals surface area contributed by atoms with Crippen LogP contribution in [0.5, 0.6) is 0 Å². The maximum absolute atomic E-state index is 13.3. The van der Waals surface area contributed by atoms with Crippen LogP contribution in [0.3, 0.4) is 0 Å². The van der Waals surface area contributed by atoms with Crippen LogP contribution in [-0.4, -0.2) is 73.0 Å². The molecule has 7 rings (SSSR count). The lowest BCUT2D eigenvalue weighted by Gasteiger charge is -2.24. The van der Waals surface area contributed by atoms with E-state index >= 15 is 0 Å². The summed E-state index contributed by atoms with van der Waals surface area (Å²) in [5.41, 5.74) is 4.49. The third kappa shape index (κ3) is 7.20. The van der Waals surface area contributed by atoms with Crippen molar-refractivity contribution in [1.29, 1.82) is 0 Å². The molecule has 1 unspecified atom stereocenters. The first kappa shape index (κ1) is 31.7. The van der Waals surface area contributed by atoms with Crippen LogP contribution >= 0.6 is 0 Å². The van der Waals surface area contributed by atoms with Crippen LogP contribution in [0.15, 0.2) is 104 Å². The number of anilines is 2. The van der Waals surface area contributed by atoms with Gasteiger partial charge in [-0.15, -0.1) is 0 Å². The second kappa shape index (κ2) is 14.1. The molecule has 2 aliphatic rings. The van der Waals surface area contributed by atoms with Crippen molar-refractivity contribution in [2.24, 2.45) is 0 Å². The van der Waals surface area contributed by atoms with Gasteiger partial charge in [-0.25, -0.2) is 9.97 Å². The van der Waals surface area contributed by atoms with Gasteiger partial charge in [0.15, 0.2) is 0 Å². The third-order valence-electron chi connectivity index (χ3n) is 9.17. The van der Waals surface area contributed by atoms with E-state index in [-0.39, 0.29) is 36.5 Å². The largest absolute Gasteiger partial charge is 0.330 e. The van der Waals surface area contributed by atoms with Crippen LogP contribution < -0.4 is 10.6 Å². The van der Waals surface area contributed by atoms with Crippen LogP contribution in [-0.2, 0) is 32.0 Å². The number of likely N-dealkylation sites (tertiary alicyclic amines) is 2. The predicted molar refractivity (Wildman–Crippen MR) is 185 cm³/mol. The Hall–Kier alpha value is -5.84. The summed E-state index contributed by atoms with van der Waals surface area (Å²) >= 11 is 0. The molecule has 2 aromatic heterocycles. The molecule has 2 saturated heterocycles. The van der Waals surface area contributed by atoms with E-state index in [0.29, 0.717) is 48.8 Å². The van der Waals surface area contributed by atoms with Gasteiger partial charge >= 0.3 is 0 Å². The van der Waals surface area contributed by atoms with Crippen molar-refractivity contribution in [3.8, 4) is 11.3 Å². The van der Waals surface area contributed by atoms with Crippen molar-refractivity contribution in [2.45, 2.75) is 50.6 Å². The molecule has 2 N–H and O–H groups in total. The van der Waals surface area contributed by atoms with Crippen molar-refractivity contribution < 1.29 is 19.2 Å². The fourth-order valence-corrected chi connectivity index (χ4v) is 6.68. The molecule has 3 aromatic carbocycles. The molecule has 4 heterocycles. The number of amides is 4. The highest BCUT2D eigenvalue weighted by Gasteiger charge is 2.35. The zero-order chi connectivity index (χ0) is 33.7. The van der Waals surface area contributed by atoms with Crippen LogP contribution in [0.4, 0.5) is 11.4 Å². The molecule has 0 saturated carbocycles. The van der Waals surface area contributed by atoms with E-state index in [9.17, 15) is 19.2 Å².